The highest BCUT2D eigenvalue weighted by atomic mass is 19.4. The zero-order chi connectivity index (χ0) is 30.0. The van der Waals surface area contributed by atoms with Crippen LogP contribution in [-0.4, -0.2) is 34.7 Å². The molecule has 3 unspecified atom stereocenters. The molecule has 0 aromatic heterocycles. The van der Waals surface area contributed by atoms with Crippen molar-refractivity contribution in [2.45, 2.75) is 89.9 Å². The van der Waals surface area contributed by atoms with Crippen molar-refractivity contribution >= 4 is 5.97 Å². The second kappa shape index (κ2) is 12.1. The van der Waals surface area contributed by atoms with Gasteiger partial charge < -0.3 is 5.11 Å². The van der Waals surface area contributed by atoms with Gasteiger partial charge >= 0.3 is 18.3 Å². The van der Waals surface area contributed by atoms with Gasteiger partial charge in [0, 0.05) is 11.6 Å². The van der Waals surface area contributed by atoms with E-state index in [1.165, 1.54) is 29.2 Å². The molecule has 0 aliphatic carbocycles. The summed E-state index contributed by atoms with van der Waals surface area (Å²) in [7, 11) is 0. The lowest BCUT2D eigenvalue weighted by atomic mass is 9.82. The molecular weight excluding hydrogens is 539 g/mol. The second-order valence-electron chi connectivity index (χ2n) is 11.5. The average Bonchev–Trinajstić information content (AvgIpc) is 2.85. The predicted molar refractivity (Wildman–Crippen MR) is 139 cm³/mol. The van der Waals surface area contributed by atoms with E-state index < -0.39 is 41.6 Å². The largest absolute Gasteiger partial charge is 0.479 e. The number of likely N-dealkylation sites (tertiary alicyclic amines) is 1. The number of alkyl halides is 7. The maximum atomic E-state index is 16.2. The summed E-state index contributed by atoms with van der Waals surface area (Å²) in [6, 6.07) is 5.81. The molecule has 40 heavy (non-hydrogen) atoms. The van der Waals surface area contributed by atoms with E-state index >= 15 is 4.39 Å². The third-order valence-electron chi connectivity index (χ3n) is 7.47. The molecule has 1 aliphatic heterocycles. The number of hydrogen-bond donors (Lipinski definition) is 1. The highest BCUT2D eigenvalue weighted by Gasteiger charge is 2.48. The molecule has 0 spiro atoms. The van der Waals surface area contributed by atoms with Crippen molar-refractivity contribution in [3.8, 4) is 11.1 Å². The highest BCUT2D eigenvalue weighted by Crippen LogP contribution is 2.44. The Morgan fingerprint density at radius 1 is 0.875 bits per heavy atom. The van der Waals surface area contributed by atoms with E-state index in [0.29, 0.717) is 18.4 Å². The van der Waals surface area contributed by atoms with Crippen LogP contribution < -0.4 is 0 Å². The molecule has 1 aliphatic rings. The maximum Gasteiger partial charge on any atom is 0.416 e. The fourth-order valence-electron chi connectivity index (χ4n) is 5.46. The van der Waals surface area contributed by atoms with Crippen molar-refractivity contribution in [1.29, 1.82) is 0 Å². The van der Waals surface area contributed by atoms with E-state index in [0.717, 1.165) is 12.1 Å². The van der Waals surface area contributed by atoms with E-state index in [-0.39, 0.29) is 54.3 Å². The van der Waals surface area contributed by atoms with Gasteiger partial charge in [-0.25, -0.2) is 9.18 Å². The normalized spacial score (nSPS) is 20.6. The van der Waals surface area contributed by atoms with Crippen LogP contribution in [0.4, 0.5) is 30.7 Å². The second-order valence-corrected chi connectivity index (χ2v) is 11.5. The lowest BCUT2D eigenvalue weighted by Gasteiger charge is -2.43. The van der Waals surface area contributed by atoms with Gasteiger partial charge in [-0.15, -0.1) is 0 Å². The number of benzene rings is 2. The zero-order valence-corrected chi connectivity index (χ0v) is 23.0. The van der Waals surface area contributed by atoms with Crippen LogP contribution in [0, 0.1) is 11.8 Å². The molecule has 0 bridgehead atoms. The molecular formula is C30H36F7NO2. The van der Waals surface area contributed by atoms with Gasteiger partial charge in [0.15, 0.2) is 0 Å². The average molecular weight is 576 g/mol. The summed E-state index contributed by atoms with van der Waals surface area (Å²) in [5, 5.41) is 9.91. The molecule has 3 atom stereocenters. The smallest absolute Gasteiger partial charge is 0.416 e. The van der Waals surface area contributed by atoms with Crippen molar-refractivity contribution in [2.75, 3.05) is 6.54 Å². The molecule has 2 aromatic rings. The van der Waals surface area contributed by atoms with Crippen LogP contribution in [0.15, 0.2) is 42.5 Å². The van der Waals surface area contributed by atoms with E-state index in [4.69, 9.17) is 0 Å². The van der Waals surface area contributed by atoms with Crippen molar-refractivity contribution in [2.24, 2.45) is 11.8 Å². The Morgan fingerprint density at radius 2 is 1.50 bits per heavy atom. The van der Waals surface area contributed by atoms with Crippen LogP contribution in [0.5, 0.6) is 0 Å². The first-order valence-electron chi connectivity index (χ1n) is 13.5. The highest BCUT2D eigenvalue weighted by molar-refractivity contribution is 5.80. The number of carbonyl (C=O) groups is 1. The minimum absolute atomic E-state index is 0.0843. The summed E-state index contributed by atoms with van der Waals surface area (Å²) in [5.41, 5.74) is -3.14. The van der Waals surface area contributed by atoms with E-state index in [9.17, 15) is 36.2 Å². The van der Waals surface area contributed by atoms with Crippen molar-refractivity contribution < 1.29 is 40.6 Å². The number of hydrogen-bond acceptors (Lipinski definition) is 2. The number of aliphatic carboxylic acids is 1. The van der Waals surface area contributed by atoms with Gasteiger partial charge in [-0.1, -0.05) is 45.9 Å². The minimum Gasteiger partial charge on any atom is -0.479 e. The maximum absolute atomic E-state index is 16.2. The number of carboxylic acids is 1. The van der Waals surface area contributed by atoms with E-state index in [2.05, 4.69) is 0 Å². The Bertz CT molecular complexity index is 1160. The third-order valence-corrected chi connectivity index (χ3v) is 7.47. The van der Waals surface area contributed by atoms with Gasteiger partial charge in [-0.05, 0) is 91.4 Å². The predicted octanol–water partition coefficient (Wildman–Crippen LogP) is 9.17. The quantitative estimate of drug-likeness (QED) is 0.303. The van der Waals surface area contributed by atoms with Crippen LogP contribution >= 0.6 is 0 Å². The first-order chi connectivity index (χ1) is 18.4. The van der Waals surface area contributed by atoms with Crippen molar-refractivity contribution in [3.05, 3.63) is 59.2 Å². The molecule has 1 heterocycles. The molecule has 0 amide bonds. The Balaban J connectivity index is 2.22. The Hall–Kier alpha value is -2.62. The monoisotopic (exact) mass is 575 g/mol. The lowest BCUT2D eigenvalue weighted by molar-refractivity contribution is -0.200. The zero-order valence-electron chi connectivity index (χ0n) is 23.0. The summed E-state index contributed by atoms with van der Waals surface area (Å²) in [4.78, 5) is 13.6. The first kappa shape index (κ1) is 31.9. The molecule has 3 rings (SSSR count). The molecule has 1 fully saturated rings. The molecule has 3 nitrogen and oxygen atoms in total. The summed E-state index contributed by atoms with van der Waals surface area (Å²) >= 11 is 0. The number of piperidine rings is 1. The van der Waals surface area contributed by atoms with Crippen LogP contribution in [0.1, 0.15) is 82.5 Å². The summed E-state index contributed by atoms with van der Waals surface area (Å²) in [5.74, 6) is -1.97. The van der Waals surface area contributed by atoms with Crippen LogP contribution in [0.3, 0.4) is 0 Å². The topological polar surface area (TPSA) is 40.5 Å². The Labute approximate surface area is 230 Å². The van der Waals surface area contributed by atoms with Gasteiger partial charge in [0.2, 0.25) is 5.67 Å². The number of carboxylic acid groups (broad SMARTS) is 1. The summed E-state index contributed by atoms with van der Waals surface area (Å²) < 4.78 is 98.1. The van der Waals surface area contributed by atoms with Crippen LogP contribution in [0.25, 0.3) is 11.1 Å². The molecule has 0 saturated carbocycles. The molecule has 222 valence electrons. The molecule has 1 saturated heterocycles. The fourth-order valence-corrected chi connectivity index (χ4v) is 5.46. The molecule has 2 aromatic carbocycles. The first-order valence-corrected chi connectivity index (χ1v) is 13.5. The van der Waals surface area contributed by atoms with Gasteiger partial charge in [0.1, 0.15) is 6.04 Å². The van der Waals surface area contributed by atoms with Crippen LogP contribution in [-0.2, 0) is 16.6 Å². The van der Waals surface area contributed by atoms with Gasteiger partial charge in [-0.2, -0.15) is 26.3 Å². The molecule has 10 heteroatoms. The van der Waals surface area contributed by atoms with Crippen molar-refractivity contribution in [3.63, 3.8) is 0 Å². The SMILES string of the molecule is CC(C)CCN1C(c2cc(-c3ccc(C(F)(F)F)cc3)cc(C(F)(CC(C)C)C(=O)O)c2)CCCC1C(F)(F)F. The Kier molecular flexibility index (Phi) is 9.64. The Morgan fingerprint density at radius 3 is 2.00 bits per heavy atom. The minimum atomic E-state index is -4.58. The van der Waals surface area contributed by atoms with Gasteiger partial charge in [0.25, 0.3) is 0 Å². The molecule has 1 N–H and O–H groups in total. The van der Waals surface area contributed by atoms with Gasteiger partial charge in [-0.3, -0.25) is 4.90 Å². The van der Waals surface area contributed by atoms with E-state index in [1.807, 2.05) is 13.8 Å². The lowest BCUT2D eigenvalue weighted by Crippen LogP contribution is -2.50. The van der Waals surface area contributed by atoms with E-state index in [1.54, 1.807) is 19.9 Å². The number of rotatable bonds is 9. The summed E-state index contributed by atoms with van der Waals surface area (Å²) in [6.07, 6.45) is -8.44. The summed E-state index contributed by atoms with van der Waals surface area (Å²) in [6.45, 7) is 7.25. The van der Waals surface area contributed by atoms with Crippen molar-refractivity contribution in [1.82, 2.24) is 4.90 Å². The number of halogens is 7. The van der Waals surface area contributed by atoms with Gasteiger partial charge in [0.05, 0.1) is 5.56 Å². The third kappa shape index (κ3) is 7.36. The standard InChI is InChI=1S/C30H36F7NO2/c1-18(2)12-13-38-25(6-5-7-26(38)30(35,36)37)22-14-21(20-8-10-23(11-9-20)29(32,33)34)15-24(16-22)28(31,27(39)40)17-19(3)4/h8-11,14-16,18-19,25-26H,5-7,12-13,17H2,1-4H3,(H,39,40). The number of nitrogens with zero attached hydrogens (tertiary/aromatic N) is 1. The molecule has 0 radical (unpaired) electrons. The fraction of sp³-hybridized carbons (Fsp3) is 0.567. The van der Waals surface area contributed by atoms with Crippen LogP contribution in [0.2, 0.25) is 0 Å².